The highest BCUT2D eigenvalue weighted by Gasteiger charge is 2.40. The van der Waals surface area contributed by atoms with Crippen molar-refractivity contribution in [1.82, 2.24) is 10.6 Å². The van der Waals surface area contributed by atoms with Gasteiger partial charge >= 0.3 is 11.9 Å². The minimum atomic E-state index is -1.09. The summed E-state index contributed by atoms with van der Waals surface area (Å²) in [6, 6.07) is 35.0. The molecule has 0 aromatic heterocycles. The molecule has 2 aliphatic heterocycles. The van der Waals surface area contributed by atoms with Gasteiger partial charge in [-0.25, -0.2) is 0 Å². The Labute approximate surface area is 438 Å². The predicted molar refractivity (Wildman–Crippen MR) is 285 cm³/mol. The maximum absolute atomic E-state index is 12.5. The van der Waals surface area contributed by atoms with Crippen molar-refractivity contribution in [2.75, 3.05) is 26.8 Å². The van der Waals surface area contributed by atoms with Crippen molar-refractivity contribution >= 4 is 45.3 Å². The second kappa shape index (κ2) is 23.8. The molecule has 2 heterocycles. The fourth-order valence-corrected chi connectivity index (χ4v) is 11.0. The van der Waals surface area contributed by atoms with Gasteiger partial charge in [0.25, 0.3) is 11.8 Å². The van der Waals surface area contributed by atoms with Crippen LogP contribution in [-0.2, 0) is 19.2 Å². The fraction of sp³-hybridized carbons (Fsp3) is 0.410. The van der Waals surface area contributed by atoms with Gasteiger partial charge in [-0.2, -0.15) is 0 Å². The molecule has 0 saturated heterocycles. The number of amides is 2. The molecule has 4 N–H and O–H groups in total. The van der Waals surface area contributed by atoms with E-state index in [1.807, 2.05) is 109 Å². The Morgan fingerprint density at radius 3 is 1.41 bits per heavy atom. The topological polar surface area (TPSA) is 188 Å². The Bertz CT molecular complexity index is 3010. The summed E-state index contributed by atoms with van der Waals surface area (Å²) in [6.45, 7) is 5.44. The smallest absolute Gasteiger partial charge is 0.310 e. The second-order valence-corrected chi connectivity index (χ2v) is 20.9. The summed E-state index contributed by atoms with van der Waals surface area (Å²) >= 11 is 0. The number of nitrogens with one attached hydrogen (secondary N) is 2. The maximum Gasteiger partial charge on any atom is 0.310 e. The molecule has 14 heteroatoms. The Kier molecular flexibility index (Phi) is 16.6. The summed E-state index contributed by atoms with van der Waals surface area (Å²) < 4.78 is 33.7. The number of fused-ring (bicyclic) bond motifs is 4. The molecule has 0 spiro atoms. The van der Waals surface area contributed by atoms with Gasteiger partial charge in [0.1, 0.15) is 11.5 Å². The van der Waals surface area contributed by atoms with Crippen LogP contribution in [0.5, 0.6) is 34.5 Å². The van der Waals surface area contributed by atoms with Gasteiger partial charge in [-0.1, -0.05) is 119 Å². The molecule has 4 aliphatic rings. The van der Waals surface area contributed by atoms with E-state index in [-0.39, 0.29) is 56.6 Å². The van der Waals surface area contributed by atoms with Crippen LogP contribution in [0, 0.1) is 11.3 Å². The molecule has 3 unspecified atom stereocenters. The molecule has 0 radical (unpaired) electrons. The van der Waals surface area contributed by atoms with Crippen LogP contribution in [-0.4, -0.2) is 72.8 Å². The minimum absolute atomic E-state index is 0.0302. The molecule has 6 aromatic rings. The Balaban J connectivity index is 0.000000184. The SMILES string of the molecule is CC(C(=O)O)C(c1ccc2c(c1)OCO2)c1ccc2ccc(OCC(=O)NC3CCCCCC3)cc2c1.CC(C)(C(=O)O)C(c1ccc2c(c1)OCO2)c1ccc2ccc(OCC(=O)NC3CCCCCC3)cc2c1. The summed E-state index contributed by atoms with van der Waals surface area (Å²) in [6.07, 6.45) is 13.7. The number of ether oxygens (including phenoxy) is 6. The van der Waals surface area contributed by atoms with Crippen molar-refractivity contribution in [3.8, 4) is 34.5 Å². The van der Waals surface area contributed by atoms with Crippen molar-refractivity contribution in [3.63, 3.8) is 0 Å². The number of carboxylic acid groups (broad SMARTS) is 2. The van der Waals surface area contributed by atoms with Crippen LogP contribution in [0.2, 0.25) is 0 Å². The van der Waals surface area contributed by atoms with Gasteiger partial charge in [0.2, 0.25) is 13.6 Å². The summed E-state index contributed by atoms with van der Waals surface area (Å²) in [7, 11) is 0. The molecule has 6 aromatic carbocycles. The summed E-state index contributed by atoms with van der Waals surface area (Å²) in [5, 5.41) is 30.1. The molecular formula is C61H68N2O12. The first-order chi connectivity index (χ1) is 36.3. The molecule has 2 aliphatic carbocycles. The van der Waals surface area contributed by atoms with E-state index in [4.69, 9.17) is 28.4 Å². The van der Waals surface area contributed by atoms with Crippen molar-refractivity contribution in [1.29, 1.82) is 0 Å². The minimum Gasteiger partial charge on any atom is -0.484 e. The van der Waals surface area contributed by atoms with Gasteiger partial charge in [0, 0.05) is 23.9 Å². The summed E-state index contributed by atoms with van der Waals surface area (Å²) in [5.74, 6) is 0.315. The number of carbonyl (C=O) groups is 4. The van der Waals surface area contributed by atoms with Crippen molar-refractivity contribution in [2.45, 2.75) is 122 Å². The van der Waals surface area contributed by atoms with Crippen LogP contribution in [0.1, 0.15) is 132 Å². The lowest BCUT2D eigenvalue weighted by atomic mass is 9.71. The monoisotopic (exact) mass is 1020 g/mol. The first-order valence-corrected chi connectivity index (χ1v) is 26.5. The highest BCUT2D eigenvalue weighted by molar-refractivity contribution is 5.87. The molecule has 394 valence electrons. The number of aliphatic carboxylic acids is 2. The summed E-state index contributed by atoms with van der Waals surface area (Å²) in [4.78, 5) is 49.4. The zero-order valence-electron chi connectivity index (χ0n) is 43.1. The van der Waals surface area contributed by atoms with Crippen LogP contribution >= 0.6 is 0 Å². The lowest BCUT2D eigenvalue weighted by Crippen LogP contribution is -2.37. The van der Waals surface area contributed by atoms with Crippen LogP contribution in [0.25, 0.3) is 21.5 Å². The third-order valence-corrected chi connectivity index (χ3v) is 15.2. The molecule has 10 rings (SSSR count). The second-order valence-electron chi connectivity index (χ2n) is 20.9. The normalized spacial score (nSPS) is 16.8. The zero-order valence-corrected chi connectivity index (χ0v) is 43.1. The third kappa shape index (κ3) is 12.9. The summed E-state index contributed by atoms with van der Waals surface area (Å²) in [5.41, 5.74) is 2.34. The lowest BCUT2D eigenvalue weighted by Gasteiger charge is -2.31. The van der Waals surface area contributed by atoms with Crippen LogP contribution < -0.4 is 39.1 Å². The van der Waals surface area contributed by atoms with Crippen LogP contribution in [0.15, 0.2) is 109 Å². The number of carboxylic acids is 2. The number of rotatable bonds is 16. The van der Waals surface area contributed by atoms with E-state index in [9.17, 15) is 29.4 Å². The molecule has 2 saturated carbocycles. The molecule has 75 heavy (non-hydrogen) atoms. The Morgan fingerprint density at radius 2 is 0.920 bits per heavy atom. The van der Waals surface area contributed by atoms with E-state index < -0.39 is 29.2 Å². The van der Waals surface area contributed by atoms with Crippen LogP contribution in [0.4, 0.5) is 0 Å². The zero-order chi connectivity index (χ0) is 52.5. The van der Waals surface area contributed by atoms with Crippen LogP contribution in [0.3, 0.4) is 0 Å². The average molecular weight is 1020 g/mol. The Morgan fingerprint density at radius 1 is 0.520 bits per heavy atom. The molecule has 0 bridgehead atoms. The Hall–Kier alpha value is -7.48. The van der Waals surface area contributed by atoms with Gasteiger partial charge in [-0.15, -0.1) is 0 Å². The van der Waals surface area contributed by atoms with E-state index in [0.29, 0.717) is 34.5 Å². The first-order valence-electron chi connectivity index (χ1n) is 26.5. The average Bonchev–Trinajstić information content (AvgIpc) is 3.92. The van der Waals surface area contributed by atoms with Crippen molar-refractivity contribution in [3.05, 3.63) is 131 Å². The quantitative estimate of drug-likeness (QED) is 0.0673. The van der Waals surface area contributed by atoms with Gasteiger partial charge in [-0.05, 0) is 132 Å². The number of hydrogen-bond acceptors (Lipinski definition) is 10. The predicted octanol–water partition coefficient (Wildman–Crippen LogP) is 11.7. The number of carbonyl (C=O) groups excluding carboxylic acids is 2. The van der Waals surface area contributed by atoms with E-state index >= 15 is 0 Å². The molecule has 14 nitrogen and oxygen atoms in total. The fourth-order valence-electron chi connectivity index (χ4n) is 11.0. The van der Waals surface area contributed by atoms with Crippen molar-refractivity contribution in [2.24, 2.45) is 11.3 Å². The first kappa shape index (κ1) is 52.4. The van der Waals surface area contributed by atoms with E-state index in [1.165, 1.54) is 25.7 Å². The number of benzene rings is 6. The largest absolute Gasteiger partial charge is 0.484 e. The highest BCUT2D eigenvalue weighted by atomic mass is 16.7. The van der Waals surface area contributed by atoms with Gasteiger partial charge in [0.15, 0.2) is 36.2 Å². The third-order valence-electron chi connectivity index (χ3n) is 15.2. The highest BCUT2D eigenvalue weighted by Crippen LogP contribution is 2.46. The van der Waals surface area contributed by atoms with E-state index in [0.717, 1.165) is 95.2 Å². The van der Waals surface area contributed by atoms with Gasteiger partial charge < -0.3 is 49.3 Å². The van der Waals surface area contributed by atoms with Gasteiger partial charge in [-0.3, -0.25) is 19.2 Å². The van der Waals surface area contributed by atoms with Gasteiger partial charge in [0.05, 0.1) is 11.3 Å². The van der Waals surface area contributed by atoms with E-state index in [2.05, 4.69) is 10.6 Å². The molecule has 2 fully saturated rings. The molecule has 2 amide bonds. The molecule has 3 atom stereocenters. The maximum atomic E-state index is 12.5. The van der Waals surface area contributed by atoms with E-state index in [1.54, 1.807) is 20.8 Å². The lowest BCUT2D eigenvalue weighted by molar-refractivity contribution is -0.147. The number of hydrogen-bond donors (Lipinski definition) is 4. The standard InChI is InChI=1S/C31H35NO6.C30H33NO6/c1-31(2,30(34)35)29(22-12-14-26-27(17-22)38-19-37-26)21-10-9-20-11-13-25(16-23(20)15-21)36-18-28(33)32-24-7-5-3-4-6-8-24;1-19(30(33)34)29(22-11-13-26-27(16-22)37-18-36-26)21-9-8-20-10-12-25(15-23(20)14-21)35-17-28(32)31-24-6-4-2-3-5-7-24/h9-17,24,29H,3-8,18-19H2,1-2H3,(H,32,33)(H,34,35);8-16,19,24,29H,2-7,17-18H2,1H3,(H,31,32)(H,33,34). The van der Waals surface area contributed by atoms with Crippen molar-refractivity contribution < 1.29 is 57.8 Å². The molecular weight excluding hydrogens is 953 g/mol.